The number of hydrogen-bond acceptors (Lipinski definition) is 6. The van der Waals surface area contributed by atoms with E-state index in [0.29, 0.717) is 28.4 Å². The third-order valence-corrected chi connectivity index (χ3v) is 5.18. The first-order valence-corrected chi connectivity index (χ1v) is 9.95. The van der Waals surface area contributed by atoms with E-state index < -0.39 is 5.97 Å². The van der Waals surface area contributed by atoms with Crippen molar-refractivity contribution in [2.24, 2.45) is 0 Å². The largest absolute Gasteiger partial charge is 0.494 e. The number of carbonyl (C=O) groups is 1. The van der Waals surface area contributed by atoms with Gasteiger partial charge in [0.05, 0.1) is 24.6 Å². The van der Waals surface area contributed by atoms with E-state index in [-0.39, 0.29) is 12.1 Å². The molecule has 0 radical (unpaired) electrons. The molecule has 2 aromatic carbocycles. The van der Waals surface area contributed by atoms with Crippen LogP contribution in [0, 0.1) is 6.92 Å². The summed E-state index contributed by atoms with van der Waals surface area (Å²) in [6.07, 6.45) is 0.777. The molecule has 1 heterocycles. The SMILES string of the molecule is COC(=O)Cn1c(SCCCOc2cccc(C)c2)nc2ccccc2c1=O. The van der Waals surface area contributed by atoms with Crippen molar-refractivity contribution in [1.82, 2.24) is 9.55 Å². The molecular weight excluding hydrogens is 376 g/mol. The van der Waals surface area contributed by atoms with E-state index in [1.165, 1.54) is 23.4 Å². The highest BCUT2D eigenvalue weighted by Crippen LogP contribution is 2.19. The van der Waals surface area contributed by atoms with Gasteiger partial charge in [0.25, 0.3) is 5.56 Å². The number of nitrogens with zero attached hydrogens (tertiary/aromatic N) is 2. The van der Waals surface area contributed by atoms with Crippen molar-refractivity contribution in [3.8, 4) is 5.75 Å². The fraction of sp³-hybridized carbons (Fsp3) is 0.286. The van der Waals surface area contributed by atoms with Crippen LogP contribution in [0.15, 0.2) is 58.5 Å². The average molecular weight is 398 g/mol. The minimum atomic E-state index is -0.483. The molecular formula is C21H22N2O4S. The van der Waals surface area contributed by atoms with E-state index in [4.69, 9.17) is 9.47 Å². The van der Waals surface area contributed by atoms with Gasteiger partial charge >= 0.3 is 5.97 Å². The first-order chi connectivity index (χ1) is 13.6. The van der Waals surface area contributed by atoms with Gasteiger partial charge in [-0.2, -0.15) is 0 Å². The number of ether oxygens (including phenoxy) is 2. The third-order valence-electron chi connectivity index (χ3n) is 4.12. The predicted octanol–water partition coefficient (Wildman–Crippen LogP) is 3.44. The molecule has 0 N–H and O–H groups in total. The number of thioether (sulfide) groups is 1. The Kier molecular flexibility index (Phi) is 6.71. The highest BCUT2D eigenvalue weighted by atomic mass is 32.2. The number of aryl methyl sites for hydroxylation is 1. The molecule has 6 nitrogen and oxygen atoms in total. The number of aromatic nitrogens is 2. The zero-order valence-electron chi connectivity index (χ0n) is 15.9. The van der Waals surface area contributed by atoms with E-state index in [0.717, 1.165) is 17.7 Å². The average Bonchev–Trinajstić information content (AvgIpc) is 2.70. The second-order valence-electron chi connectivity index (χ2n) is 6.25. The van der Waals surface area contributed by atoms with Gasteiger partial charge in [-0.25, -0.2) is 4.98 Å². The number of para-hydroxylation sites is 1. The summed E-state index contributed by atoms with van der Waals surface area (Å²) in [6.45, 7) is 2.43. The highest BCUT2D eigenvalue weighted by Gasteiger charge is 2.14. The van der Waals surface area contributed by atoms with Crippen LogP contribution in [0.1, 0.15) is 12.0 Å². The van der Waals surface area contributed by atoms with Crippen molar-refractivity contribution in [3.05, 3.63) is 64.4 Å². The van der Waals surface area contributed by atoms with Gasteiger partial charge in [0, 0.05) is 5.75 Å². The van der Waals surface area contributed by atoms with Gasteiger partial charge in [-0.05, 0) is 43.2 Å². The molecule has 7 heteroatoms. The third kappa shape index (κ3) is 4.92. The minimum Gasteiger partial charge on any atom is -0.494 e. The Labute approximate surface area is 167 Å². The Bertz CT molecular complexity index is 1030. The summed E-state index contributed by atoms with van der Waals surface area (Å²) in [5.41, 5.74) is 1.53. The molecule has 0 unspecified atom stereocenters. The number of fused-ring (bicyclic) bond motifs is 1. The number of methoxy groups -OCH3 is 1. The molecule has 146 valence electrons. The molecule has 0 bridgehead atoms. The molecule has 28 heavy (non-hydrogen) atoms. The van der Waals surface area contributed by atoms with E-state index in [2.05, 4.69) is 4.98 Å². The molecule has 0 aliphatic heterocycles. The lowest BCUT2D eigenvalue weighted by atomic mass is 10.2. The molecule has 0 saturated heterocycles. The quantitative estimate of drug-likeness (QED) is 0.251. The van der Waals surface area contributed by atoms with E-state index in [9.17, 15) is 9.59 Å². The first-order valence-electron chi connectivity index (χ1n) is 8.97. The van der Waals surface area contributed by atoms with Crippen molar-refractivity contribution >= 4 is 28.6 Å². The number of carbonyl (C=O) groups excluding carboxylic acids is 1. The van der Waals surface area contributed by atoms with Crippen LogP contribution in [0.5, 0.6) is 5.75 Å². The van der Waals surface area contributed by atoms with Crippen molar-refractivity contribution in [1.29, 1.82) is 0 Å². The molecule has 1 aromatic heterocycles. The van der Waals surface area contributed by atoms with Crippen LogP contribution in [0.4, 0.5) is 0 Å². The molecule has 0 saturated carbocycles. The van der Waals surface area contributed by atoms with E-state index >= 15 is 0 Å². The fourth-order valence-corrected chi connectivity index (χ4v) is 3.62. The summed E-state index contributed by atoms with van der Waals surface area (Å²) in [6, 6.07) is 15.0. The molecule has 0 aliphatic rings. The second kappa shape index (κ2) is 9.41. The molecule has 0 spiro atoms. The summed E-state index contributed by atoms with van der Waals surface area (Å²) >= 11 is 1.43. The summed E-state index contributed by atoms with van der Waals surface area (Å²) in [5.74, 6) is 1.07. The fourth-order valence-electron chi connectivity index (χ4n) is 2.71. The van der Waals surface area contributed by atoms with Crippen LogP contribution >= 0.6 is 11.8 Å². The standard InChI is InChI=1S/C21H22N2O4S/c1-15-7-5-8-16(13-15)27-11-6-12-28-21-22-18-10-4-3-9-17(18)20(25)23(21)14-19(24)26-2/h3-5,7-10,13H,6,11-12,14H2,1-2H3. The molecule has 3 aromatic rings. The van der Waals surface area contributed by atoms with Gasteiger partial charge in [0.15, 0.2) is 5.16 Å². The maximum atomic E-state index is 12.8. The Morgan fingerprint density at radius 2 is 2.00 bits per heavy atom. The maximum absolute atomic E-state index is 12.8. The lowest BCUT2D eigenvalue weighted by Gasteiger charge is -2.12. The number of benzene rings is 2. The Morgan fingerprint density at radius 1 is 1.18 bits per heavy atom. The number of rotatable bonds is 8. The number of hydrogen-bond donors (Lipinski definition) is 0. The Hall–Kier alpha value is -2.80. The summed E-state index contributed by atoms with van der Waals surface area (Å²) in [7, 11) is 1.30. The van der Waals surface area contributed by atoms with Crippen LogP contribution < -0.4 is 10.3 Å². The summed E-state index contributed by atoms with van der Waals surface area (Å²) in [4.78, 5) is 29.1. The molecule has 0 amide bonds. The van der Waals surface area contributed by atoms with Gasteiger partial charge in [-0.15, -0.1) is 0 Å². The lowest BCUT2D eigenvalue weighted by Crippen LogP contribution is -2.27. The summed E-state index contributed by atoms with van der Waals surface area (Å²) < 4.78 is 11.9. The Balaban J connectivity index is 1.69. The normalized spacial score (nSPS) is 10.8. The first kappa shape index (κ1) is 19.9. The highest BCUT2D eigenvalue weighted by molar-refractivity contribution is 7.99. The van der Waals surface area contributed by atoms with Gasteiger partial charge < -0.3 is 9.47 Å². The van der Waals surface area contributed by atoms with E-state index in [1.807, 2.05) is 37.3 Å². The van der Waals surface area contributed by atoms with Crippen LogP contribution in [0.25, 0.3) is 10.9 Å². The van der Waals surface area contributed by atoms with Gasteiger partial charge in [0.2, 0.25) is 0 Å². The summed E-state index contributed by atoms with van der Waals surface area (Å²) in [5, 5.41) is 0.989. The molecule has 0 aliphatic carbocycles. The van der Waals surface area contributed by atoms with Gasteiger partial charge in [-0.1, -0.05) is 36.0 Å². The molecule has 3 rings (SSSR count). The maximum Gasteiger partial charge on any atom is 0.325 e. The van der Waals surface area contributed by atoms with Crippen LogP contribution in [0.3, 0.4) is 0 Å². The van der Waals surface area contributed by atoms with Gasteiger partial charge in [-0.3, -0.25) is 14.2 Å². The van der Waals surface area contributed by atoms with Crippen molar-refractivity contribution in [3.63, 3.8) is 0 Å². The van der Waals surface area contributed by atoms with Crippen molar-refractivity contribution in [2.45, 2.75) is 25.0 Å². The monoisotopic (exact) mass is 398 g/mol. The second-order valence-corrected chi connectivity index (χ2v) is 7.31. The van der Waals surface area contributed by atoms with E-state index in [1.54, 1.807) is 18.2 Å². The number of esters is 1. The molecule has 0 atom stereocenters. The smallest absolute Gasteiger partial charge is 0.325 e. The van der Waals surface area contributed by atoms with Crippen LogP contribution in [-0.4, -0.2) is 35.0 Å². The van der Waals surface area contributed by atoms with Crippen molar-refractivity contribution in [2.75, 3.05) is 19.5 Å². The van der Waals surface area contributed by atoms with Crippen LogP contribution in [0.2, 0.25) is 0 Å². The zero-order valence-corrected chi connectivity index (χ0v) is 16.7. The zero-order chi connectivity index (χ0) is 19.9. The van der Waals surface area contributed by atoms with Crippen molar-refractivity contribution < 1.29 is 14.3 Å². The Morgan fingerprint density at radius 3 is 2.79 bits per heavy atom. The minimum absolute atomic E-state index is 0.157. The lowest BCUT2D eigenvalue weighted by molar-refractivity contribution is -0.141. The van der Waals surface area contributed by atoms with Gasteiger partial charge in [0.1, 0.15) is 12.3 Å². The topological polar surface area (TPSA) is 70.4 Å². The predicted molar refractivity (Wildman–Crippen MR) is 110 cm³/mol. The molecule has 0 fully saturated rings. The van der Waals surface area contributed by atoms with Crippen LogP contribution in [-0.2, 0) is 16.1 Å².